The number of benzene rings is 1. The third-order valence-electron chi connectivity index (χ3n) is 5.23. The van der Waals surface area contributed by atoms with Gasteiger partial charge in [-0.2, -0.15) is 0 Å². The lowest BCUT2D eigenvalue weighted by Crippen LogP contribution is -2.39. The Labute approximate surface area is 163 Å². The molecule has 1 aliphatic carbocycles. The number of esters is 1. The van der Waals surface area contributed by atoms with E-state index < -0.39 is 17.8 Å². The maximum atomic E-state index is 12.3. The first-order valence-electron chi connectivity index (χ1n) is 9.48. The smallest absolute Gasteiger partial charge is 0.338 e. The van der Waals surface area contributed by atoms with Crippen LogP contribution in [0.15, 0.2) is 30.9 Å². The van der Waals surface area contributed by atoms with Crippen LogP contribution < -0.4 is 5.32 Å². The fourth-order valence-corrected chi connectivity index (χ4v) is 3.60. The summed E-state index contributed by atoms with van der Waals surface area (Å²) in [6.07, 6.45) is 5.49. The van der Waals surface area contributed by atoms with Crippen LogP contribution in [-0.4, -0.2) is 47.8 Å². The molecule has 1 saturated carbocycles. The molecule has 1 aromatic carbocycles. The first-order chi connectivity index (χ1) is 13.4. The summed E-state index contributed by atoms with van der Waals surface area (Å²) in [5, 5.41) is 2.89. The lowest BCUT2D eigenvalue weighted by molar-refractivity contribution is -0.125. The summed E-state index contributed by atoms with van der Waals surface area (Å²) in [6.45, 7) is 5.46. The van der Waals surface area contributed by atoms with Gasteiger partial charge in [0.05, 0.1) is 16.7 Å². The lowest BCUT2D eigenvalue weighted by Gasteiger charge is -2.26. The van der Waals surface area contributed by atoms with Gasteiger partial charge in [-0.25, -0.2) is 4.79 Å². The number of nitrogens with one attached hydrogen (secondary N) is 1. The minimum atomic E-state index is -0.711. The second kappa shape index (κ2) is 8.37. The van der Waals surface area contributed by atoms with E-state index >= 15 is 0 Å². The van der Waals surface area contributed by atoms with Crippen molar-refractivity contribution >= 4 is 23.7 Å². The van der Waals surface area contributed by atoms with Gasteiger partial charge >= 0.3 is 5.97 Å². The van der Waals surface area contributed by atoms with E-state index in [9.17, 15) is 19.2 Å². The zero-order valence-electron chi connectivity index (χ0n) is 15.9. The van der Waals surface area contributed by atoms with Gasteiger partial charge in [0, 0.05) is 12.6 Å². The molecule has 7 nitrogen and oxygen atoms in total. The Kier molecular flexibility index (Phi) is 5.92. The van der Waals surface area contributed by atoms with E-state index in [2.05, 4.69) is 18.8 Å². The van der Waals surface area contributed by atoms with Crippen molar-refractivity contribution in [2.24, 2.45) is 5.92 Å². The summed E-state index contributed by atoms with van der Waals surface area (Å²) < 4.78 is 5.07. The van der Waals surface area contributed by atoms with Crippen LogP contribution in [0.5, 0.6) is 0 Å². The van der Waals surface area contributed by atoms with Crippen LogP contribution in [0.1, 0.15) is 63.7 Å². The highest BCUT2D eigenvalue weighted by Crippen LogP contribution is 2.25. The maximum absolute atomic E-state index is 12.3. The molecule has 3 rings (SSSR count). The molecule has 0 radical (unpaired) electrons. The average molecular weight is 384 g/mol. The Morgan fingerprint density at radius 3 is 2.54 bits per heavy atom. The molecule has 1 aliphatic heterocycles. The Bertz CT molecular complexity index is 824. The number of rotatable bonds is 6. The summed E-state index contributed by atoms with van der Waals surface area (Å²) in [5.74, 6) is -1.25. The number of carbonyl (C=O) groups excluding carboxylic acids is 4. The van der Waals surface area contributed by atoms with Gasteiger partial charge in [0.15, 0.2) is 6.61 Å². The van der Waals surface area contributed by atoms with E-state index in [0.29, 0.717) is 5.92 Å². The molecular weight excluding hydrogens is 360 g/mol. The van der Waals surface area contributed by atoms with Crippen molar-refractivity contribution in [3.05, 3.63) is 47.5 Å². The molecule has 0 unspecified atom stereocenters. The summed E-state index contributed by atoms with van der Waals surface area (Å²) in [6, 6.07) is 4.31. The van der Waals surface area contributed by atoms with Crippen molar-refractivity contribution in [1.82, 2.24) is 10.2 Å². The van der Waals surface area contributed by atoms with E-state index in [-0.39, 0.29) is 41.8 Å². The van der Waals surface area contributed by atoms with Crippen LogP contribution in [0.25, 0.3) is 0 Å². The van der Waals surface area contributed by atoms with Gasteiger partial charge < -0.3 is 10.1 Å². The SMILES string of the molecule is C=CCN1C(=O)c2ccc(C(=O)OCC(=O)NC3CCC(C)CC3)cc2C1=O. The van der Waals surface area contributed by atoms with Crippen LogP contribution in [0.3, 0.4) is 0 Å². The van der Waals surface area contributed by atoms with E-state index in [1.165, 1.54) is 24.3 Å². The van der Waals surface area contributed by atoms with Crippen LogP contribution >= 0.6 is 0 Å². The zero-order chi connectivity index (χ0) is 20.3. The highest BCUT2D eigenvalue weighted by atomic mass is 16.5. The number of ether oxygens (including phenoxy) is 1. The minimum Gasteiger partial charge on any atom is -0.452 e. The number of fused-ring (bicyclic) bond motifs is 1. The molecule has 0 atom stereocenters. The van der Waals surface area contributed by atoms with Gasteiger partial charge in [-0.15, -0.1) is 6.58 Å². The molecule has 2 aliphatic rings. The Balaban J connectivity index is 1.57. The van der Waals surface area contributed by atoms with Crippen LogP contribution in [0.2, 0.25) is 0 Å². The highest BCUT2D eigenvalue weighted by Gasteiger charge is 2.35. The molecule has 148 valence electrons. The molecule has 3 amide bonds. The summed E-state index contributed by atoms with van der Waals surface area (Å²) in [5.41, 5.74) is 0.523. The standard InChI is InChI=1S/C21H24N2O5/c1-3-10-23-19(25)16-9-6-14(11-17(16)20(23)26)21(27)28-12-18(24)22-15-7-4-13(2)5-8-15/h3,6,9,11,13,15H,1,4-5,7-8,10,12H2,2H3,(H,22,24). The van der Waals surface area contributed by atoms with Crippen molar-refractivity contribution in [3.8, 4) is 0 Å². The van der Waals surface area contributed by atoms with Gasteiger partial charge in [-0.1, -0.05) is 13.0 Å². The van der Waals surface area contributed by atoms with Crippen molar-refractivity contribution < 1.29 is 23.9 Å². The molecular formula is C21H24N2O5. The lowest BCUT2D eigenvalue weighted by atomic mass is 9.87. The Morgan fingerprint density at radius 2 is 1.86 bits per heavy atom. The minimum absolute atomic E-state index is 0.103. The molecule has 1 fully saturated rings. The van der Waals surface area contributed by atoms with E-state index in [1.54, 1.807) is 0 Å². The first-order valence-corrected chi connectivity index (χ1v) is 9.48. The summed E-state index contributed by atoms with van der Waals surface area (Å²) in [4.78, 5) is 49.8. The van der Waals surface area contributed by atoms with Crippen molar-refractivity contribution in [3.63, 3.8) is 0 Å². The first kappa shape index (κ1) is 19.8. The van der Waals surface area contributed by atoms with Crippen LogP contribution in [-0.2, 0) is 9.53 Å². The molecule has 0 bridgehead atoms. The fourth-order valence-electron chi connectivity index (χ4n) is 3.60. The number of hydrogen-bond acceptors (Lipinski definition) is 5. The highest BCUT2D eigenvalue weighted by molar-refractivity contribution is 6.22. The Hall–Kier alpha value is -2.96. The number of imide groups is 1. The van der Waals surface area contributed by atoms with Gasteiger partial charge in [0.25, 0.3) is 17.7 Å². The average Bonchev–Trinajstić information content (AvgIpc) is 2.92. The number of nitrogens with zero attached hydrogens (tertiary/aromatic N) is 1. The van der Waals surface area contributed by atoms with Gasteiger partial charge in [-0.3, -0.25) is 19.3 Å². The summed E-state index contributed by atoms with van der Waals surface area (Å²) in [7, 11) is 0. The fraction of sp³-hybridized carbons (Fsp3) is 0.429. The maximum Gasteiger partial charge on any atom is 0.338 e. The van der Waals surface area contributed by atoms with Crippen LogP contribution in [0.4, 0.5) is 0 Å². The molecule has 0 aromatic heterocycles. The largest absolute Gasteiger partial charge is 0.452 e. The van der Waals surface area contributed by atoms with E-state index in [0.717, 1.165) is 30.6 Å². The Morgan fingerprint density at radius 1 is 1.18 bits per heavy atom. The summed E-state index contributed by atoms with van der Waals surface area (Å²) >= 11 is 0. The number of hydrogen-bond donors (Lipinski definition) is 1. The van der Waals surface area contributed by atoms with Crippen molar-refractivity contribution in [2.75, 3.05) is 13.2 Å². The second-order valence-corrected chi connectivity index (χ2v) is 7.37. The normalized spacial score (nSPS) is 21.2. The third-order valence-corrected chi connectivity index (χ3v) is 5.23. The van der Waals surface area contributed by atoms with Crippen molar-refractivity contribution in [2.45, 2.75) is 38.6 Å². The topological polar surface area (TPSA) is 92.8 Å². The van der Waals surface area contributed by atoms with Gasteiger partial charge in [-0.05, 0) is 49.8 Å². The molecule has 7 heteroatoms. The molecule has 1 N–H and O–H groups in total. The molecule has 0 saturated heterocycles. The molecule has 0 spiro atoms. The number of carbonyl (C=O) groups is 4. The molecule has 1 heterocycles. The monoisotopic (exact) mass is 384 g/mol. The molecule has 28 heavy (non-hydrogen) atoms. The van der Waals surface area contributed by atoms with E-state index in [1.807, 2.05) is 0 Å². The number of amides is 3. The predicted molar refractivity (Wildman–Crippen MR) is 102 cm³/mol. The molecule has 1 aromatic rings. The van der Waals surface area contributed by atoms with E-state index in [4.69, 9.17) is 4.74 Å². The van der Waals surface area contributed by atoms with Crippen molar-refractivity contribution in [1.29, 1.82) is 0 Å². The van der Waals surface area contributed by atoms with Gasteiger partial charge in [0.2, 0.25) is 0 Å². The third kappa shape index (κ3) is 4.13. The van der Waals surface area contributed by atoms with Crippen LogP contribution in [0, 0.1) is 5.92 Å². The van der Waals surface area contributed by atoms with Gasteiger partial charge in [0.1, 0.15) is 0 Å². The second-order valence-electron chi connectivity index (χ2n) is 7.37. The predicted octanol–water partition coefficient (Wildman–Crippen LogP) is 2.32. The zero-order valence-corrected chi connectivity index (χ0v) is 15.9. The quantitative estimate of drug-likeness (QED) is 0.462.